The summed E-state index contributed by atoms with van der Waals surface area (Å²) < 4.78 is 4.42. The van der Waals surface area contributed by atoms with E-state index in [1.165, 1.54) is 22.4 Å². The molecule has 0 bridgehead atoms. The van der Waals surface area contributed by atoms with Gasteiger partial charge in [-0.1, -0.05) is 30.7 Å². The Bertz CT molecular complexity index is 892. The van der Waals surface area contributed by atoms with E-state index in [9.17, 15) is 0 Å². The summed E-state index contributed by atoms with van der Waals surface area (Å²) in [5.41, 5.74) is 6.21. The van der Waals surface area contributed by atoms with Crippen molar-refractivity contribution in [1.29, 1.82) is 0 Å². The van der Waals surface area contributed by atoms with E-state index in [4.69, 9.17) is 5.10 Å². The molecule has 4 rings (SSSR count). The van der Waals surface area contributed by atoms with Gasteiger partial charge in [0.2, 0.25) is 0 Å². The zero-order valence-electron chi connectivity index (χ0n) is 16.7. The van der Waals surface area contributed by atoms with E-state index in [1.807, 2.05) is 6.20 Å². The van der Waals surface area contributed by atoms with Gasteiger partial charge in [0.1, 0.15) is 5.69 Å². The molecule has 0 amide bonds. The van der Waals surface area contributed by atoms with Crippen LogP contribution in [0.2, 0.25) is 0 Å². The lowest BCUT2D eigenvalue weighted by molar-refractivity contribution is 0.563. The van der Waals surface area contributed by atoms with Gasteiger partial charge >= 0.3 is 0 Å². The fraction of sp³-hybridized carbons (Fsp3) is 0.429. The van der Waals surface area contributed by atoms with Crippen molar-refractivity contribution in [1.82, 2.24) is 24.6 Å². The molecule has 1 aromatic carbocycles. The van der Waals surface area contributed by atoms with Crippen LogP contribution in [-0.4, -0.2) is 25.9 Å². The number of hydrogen-bond donors (Lipinski definition) is 1. The van der Waals surface area contributed by atoms with Gasteiger partial charge in [0.15, 0.2) is 5.82 Å². The minimum absolute atomic E-state index is 0. The number of nitrogens with one attached hydrogen (secondary N) is 1. The molecule has 0 saturated carbocycles. The van der Waals surface area contributed by atoms with Crippen LogP contribution in [0.5, 0.6) is 0 Å². The van der Waals surface area contributed by atoms with Gasteiger partial charge in [-0.05, 0) is 50.4 Å². The minimum atomic E-state index is 0. The maximum absolute atomic E-state index is 4.85. The number of nitrogens with zero attached hydrogens (tertiary/aromatic N) is 4. The van der Waals surface area contributed by atoms with Crippen molar-refractivity contribution in [2.45, 2.75) is 52.7 Å². The van der Waals surface area contributed by atoms with E-state index in [0.29, 0.717) is 0 Å². The summed E-state index contributed by atoms with van der Waals surface area (Å²) in [5, 5.41) is 8.32. The predicted octanol–water partition coefficient (Wildman–Crippen LogP) is 4.70. The Kier molecular flexibility index (Phi) is 7.70. The quantitative estimate of drug-likeness (QED) is 0.663. The molecule has 0 fully saturated rings. The van der Waals surface area contributed by atoms with Crippen molar-refractivity contribution in [2.75, 3.05) is 6.54 Å². The molecule has 0 spiro atoms. The third kappa shape index (κ3) is 4.27. The number of halogens is 2. The second kappa shape index (κ2) is 9.59. The lowest BCUT2D eigenvalue weighted by Crippen LogP contribution is -2.12. The number of aryl methyl sites for hydroxylation is 3. The van der Waals surface area contributed by atoms with Crippen LogP contribution in [0.3, 0.4) is 0 Å². The topological polar surface area (TPSA) is 47.7 Å². The van der Waals surface area contributed by atoms with Crippen LogP contribution in [0, 0.1) is 13.8 Å². The zero-order chi connectivity index (χ0) is 18.1. The zero-order valence-corrected chi connectivity index (χ0v) is 18.3. The first-order chi connectivity index (χ1) is 12.7. The minimum Gasteiger partial charge on any atom is -0.322 e. The fourth-order valence-electron chi connectivity index (χ4n) is 4.00. The number of imidazole rings is 1. The number of benzene rings is 1. The molecule has 28 heavy (non-hydrogen) atoms. The first-order valence-corrected chi connectivity index (χ1v) is 9.55. The normalized spacial score (nSPS) is 14.4. The highest BCUT2D eigenvalue weighted by molar-refractivity contribution is 5.85. The lowest BCUT2D eigenvalue weighted by atomic mass is 9.97. The Hall–Kier alpha value is -1.82. The summed E-state index contributed by atoms with van der Waals surface area (Å²) in [4.78, 5) is 4.66. The van der Waals surface area contributed by atoms with Gasteiger partial charge in [-0.3, -0.25) is 4.68 Å². The molecule has 152 valence electrons. The first kappa shape index (κ1) is 22.5. The molecule has 3 heterocycles. The van der Waals surface area contributed by atoms with Gasteiger partial charge in [-0.2, -0.15) is 5.10 Å². The predicted molar refractivity (Wildman–Crippen MR) is 119 cm³/mol. The van der Waals surface area contributed by atoms with E-state index in [-0.39, 0.29) is 30.9 Å². The number of aromatic nitrogens is 4. The van der Waals surface area contributed by atoms with Crippen LogP contribution in [0.1, 0.15) is 48.2 Å². The average molecular weight is 422 g/mol. The molecule has 0 aliphatic carbocycles. The van der Waals surface area contributed by atoms with E-state index >= 15 is 0 Å². The molecular weight excluding hydrogens is 393 g/mol. The molecule has 1 aliphatic heterocycles. The summed E-state index contributed by atoms with van der Waals surface area (Å²) in [6.07, 6.45) is 6.11. The summed E-state index contributed by atoms with van der Waals surface area (Å²) >= 11 is 0. The van der Waals surface area contributed by atoms with E-state index < -0.39 is 0 Å². The largest absolute Gasteiger partial charge is 0.322 e. The van der Waals surface area contributed by atoms with Crippen LogP contribution in [0.25, 0.3) is 11.5 Å². The molecule has 5 nitrogen and oxygen atoms in total. The fourth-order valence-corrected chi connectivity index (χ4v) is 4.00. The molecule has 1 unspecified atom stereocenters. The van der Waals surface area contributed by atoms with E-state index in [1.54, 1.807) is 0 Å². The molecule has 0 radical (unpaired) electrons. The number of rotatable bonds is 4. The van der Waals surface area contributed by atoms with Crippen molar-refractivity contribution >= 4 is 24.8 Å². The highest BCUT2D eigenvalue weighted by Crippen LogP contribution is 2.30. The molecule has 0 saturated heterocycles. The molecule has 1 atom stereocenters. The Morgan fingerprint density at radius 3 is 2.75 bits per heavy atom. The van der Waals surface area contributed by atoms with Crippen molar-refractivity contribution in [3.05, 3.63) is 59.0 Å². The molecular formula is C21H29Cl2N5. The van der Waals surface area contributed by atoms with Crippen LogP contribution in [0.15, 0.2) is 36.7 Å². The first-order valence-electron chi connectivity index (χ1n) is 9.55. The highest BCUT2D eigenvalue weighted by atomic mass is 35.5. The average Bonchev–Trinajstić information content (AvgIpc) is 3.20. The second-order valence-electron chi connectivity index (χ2n) is 7.22. The summed E-state index contributed by atoms with van der Waals surface area (Å²) in [7, 11) is 0. The maximum atomic E-state index is 4.85. The molecule has 2 aromatic heterocycles. The Morgan fingerprint density at radius 1 is 1.18 bits per heavy atom. The van der Waals surface area contributed by atoms with E-state index in [2.05, 4.69) is 70.8 Å². The monoisotopic (exact) mass is 421 g/mol. The second-order valence-corrected chi connectivity index (χ2v) is 7.22. The van der Waals surface area contributed by atoms with Crippen molar-refractivity contribution in [3.63, 3.8) is 0 Å². The molecule has 3 aromatic rings. The smallest absolute Gasteiger partial charge is 0.161 e. The molecule has 7 heteroatoms. The van der Waals surface area contributed by atoms with E-state index in [0.717, 1.165) is 44.0 Å². The SMILES string of the molecule is CCC(c1ccc(C)cc1C)n1ccnc1-c1cc2n(n1)CCCNC2.Cl.Cl. The van der Waals surface area contributed by atoms with Crippen molar-refractivity contribution < 1.29 is 0 Å². The Labute approximate surface area is 179 Å². The number of fused-ring (bicyclic) bond motifs is 1. The highest BCUT2D eigenvalue weighted by Gasteiger charge is 2.21. The van der Waals surface area contributed by atoms with Crippen LogP contribution in [0.4, 0.5) is 0 Å². The van der Waals surface area contributed by atoms with Crippen molar-refractivity contribution in [2.24, 2.45) is 0 Å². The number of hydrogen-bond acceptors (Lipinski definition) is 3. The van der Waals surface area contributed by atoms with Gasteiger partial charge in [-0.15, -0.1) is 24.8 Å². The van der Waals surface area contributed by atoms with Gasteiger partial charge < -0.3 is 9.88 Å². The standard InChI is InChI=1S/C21H27N5.2ClH/c1-4-20(18-7-6-15(2)12-16(18)3)25-11-9-23-21(25)19-13-17-14-22-8-5-10-26(17)24-19;;/h6-7,9,11-13,20,22H,4-5,8,10,14H2,1-3H3;2*1H. The van der Waals surface area contributed by atoms with Gasteiger partial charge in [0.05, 0.1) is 11.7 Å². The van der Waals surface area contributed by atoms with Gasteiger partial charge in [0, 0.05) is 25.5 Å². The Morgan fingerprint density at radius 2 is 2.00 bits per heavy atom. The third-order valence-corrected chi connectivity index (χ3v) is 5.30. The third-order valence-electron chi connectivity index (χ3n) is 5.30. The van der Waals surface area contributed by atoms with Crippen molar-refractivity contribution in [3.8, 4) is 11.5 Å². The van der Waals surface area contributed by atoms with Gasteiger partial charge in [-0.25, -0.2) is 4.98 Å². The summed E-state index contributed by atoms with van der Waals surface area (Å²) in [6.45, 7) is 9.48. The Balaban J connectivity index is 0.00000140. The van der Waals surface area contributed by atoms with Gasteiger partial charge in [0.25, 0.3) is 0 Å². The lowest BCUT2D eigenvalue weighted by Gasteiger charge is -2.21. The summed E-state index contributed by atoms with van der Waals surface area (Å²) in [6, 6.07) is 9.18. The van der Waals surface area contributed by atoms with Crippen LogP contribution in [-0.2, 0) is 13.1 Å². The molecule has 1 aliphatic rings. The van der Waals surface area contributed by atoms with Crippen LogP contribution >= 0.6 is 24.8 Å². The maximum Gasteiger partial charge on any atom is 0.161 e. The molecule has 1 N–H and O–H groups in total. The van der Waals surface area contributed by atoms with Crippen LogP contribution < -0.4 is 5.32 Å². The summed E-state index contributed by atoms with van der Waals surface area (Å²) in [5.74, 6) is 0.956.